The monoisotopic (exact) mass is 902 g/mol. The van der Waals surface area contributed by atoms with Crippen LogP contribution in [0.1, 0.15) is 23.3 Å². The number of fused-ring (bicyclic) bond motifs is 12. The van der Waals surface area contributed by atoms with Crippen LogP contribution in [0.4, 0.5) is 0 Å². The molecule has 70 heavy (non-hydrogen) atoms. The molecule has 330 valence electrons. The van der Waals surface area contributed by atoms with Crippen molar-refractivity contribution in [3.63, 3.8) is 0 Å². The first kappa shape index (κ1) is 38.1. The lowest BCUT2D eigenvalue weighted by Gasteiger charge is -2.18. The van der Waals surface area contributed by atoms with Gasteiger partial charge in [-0.05, 0) is 144 Å². The van der Waals surface area contributed by atoms with Crippen molar-refractivity contribution in [2.75, 3.05) is 13.2 Å². The maximum Gasteiger partial charge on any atom is 0.106 e. The van der Waals surface area contributed by atoms with Gasteiger partial charge in [-0.25, -0.2) is 0 Å². The lowest BCUT2D eigenvalue weighted by molar-refractivity contribution is 0.415. The molecule has 8 aromatic heterocycles. The first-order valence-electron chi connectivity index (χ1n) is 23.7. The first-order chi connectivity index (χ1) is 34.7. The van der Waals surface area contributed by atoms with Crippen molar-refractivity contribution in [1.82, 2.24) is 38.2 Å². The van der Waals surface area contributed by atoms with E-state index < -0.39 is 0 Å². The molecule has 2 unspecified atom stereocenters. The molecule has 14 aromatic rings. The van der Waals surface area contributed by atoms with E-state index in [1.807, 2.05) is 49.1 Å². The van der Waals surface area contributed by atoms with Crippen LogP contribution >= 0.6 is 0 Å². The van der Waals surface area contributed by atoms with Crippen molar-refractivity contribution in [2.24, 2.45) is 0 Å². The summed E-state index contributed by atoms with van der Waals surface area (Å²) >= 11 is 0. The molecule has 0 radical (unpaired) electrons. The minimum Gasteiger partial charge on any atom is -0.368 e. The molecule has 10 heteroatoms. The van der Waals surface area contributed by atoms with E-state index in [1.165, 1.54) is 11.1 Å². The average molecular weight is 903 g/mol. The number of ether oxygens (including phenoxy) is 2. The number of pyridine rings is 4. The van der Waals surface area contributed by atoms with Gasteiger partial charge in [-0.1, -0.05) is 48.5 Å². The van der Waals surface area contributed by atoms with Crippen LogP contribution in [0.3, 0.4) is 0 Å². The molecule has 2 aliphatic heterocycles. The van der Waals surface area contributed by atoms with Crippen LogP contribution in [-0.2, 0) is 9.47 Å². The molecule has 10 heterocycles. The maximum absolute atomic E-state index is 5.77. The Morgan fingerprint density at radius 3 is 0.986 bits per heavy atom. The molecule has 0 saturated carbocycles. The second-order valence-electron chi connectivity index (χ2n) is 18.5. The number of hydrogen-bond donors (Lipinski definition) is 0. The largest absolute Gasteiger partial charge is 0.368 e. The van der Waals surface area contributed by atoms with Crippen LogP contribution in [0, 0.1) is 0 Å². The van der Waals surface area contributed by atoms with E-state index in [-0.39, 0.29) is 12.2 Å². The Morgan fingerprint density at radius 2 is 0.629 bits per heavy atom. The van der Waals surface area contributed by atoms with Crippen LogP contribution in [0.2, 0.25) is 0 Å². The maximum atomic E-state index is 5.77. The smallest absolute Gasteiger partial charge is 0.106 e. The average Bonchev–Trinajstić information content (AvgIpc) is 4.34. The Balaban J connectivity index is 1.03. The van der Waals surface area contributed by atoms with Crippen LogP contribution in [0.15, 0.2) is 195 Å². The van der Waals surface area contributed by atoms with Gasteiger partial charge in [0.2, 0.25) is 0 Å². The molecule has 0 bridgehead atoms. The molecular weight excluding hydrogens is 865 g/mol. The van der Waals surface area contributed by atoms with Crippen molar-refractivity contribution < 1.29 is 9.47 Å². The fraction of sp³-hybridized carbons (Fsp3) is 0.0667. The molecule has 2 aliphatic rings. The zero-order valence-electron chi connectivity index (χ0n) is 37.4. The molecule has 0 N–H and O–H groups in total. The van der Waals surface area contributed by atoms with Gasteiger partial charge in [0.25, 0.3) is 0 Å². The number of benzene rings is 6. The minimum absolute atomic E-state index is 0.122. The third kappa shape index (κ3) is 5.57. The van der Waals surface area contributed by atoms with Gasteiger partial charge in [0, 0.05) is 69.1 Å². The van der Waals surface area contributed by atoms with Gasteiger partial charge in [-0.15, -0.1) is 0 Å². The summed E-state index contributed by atoms with van der Waals surface area (Å²) in [7, 11) is 0. The lowest BCUT2D eigenvalue weighted by atomic mass is 10.0. The molecule has 6 aromatic carbocycles. The van der Waals surface area contributed by atoms with Gasteiger partial charge in [0.05, 0.1) is 79.4 Å². The molecule has 0 aliphatic carbocycles. The zero-order valence-corrected chi connectivity index (χ0v) is 37.4. The van der Waals surface area contributed by atoms with Crippen molar-refractivity contribution >= 4 is 87.7 Å². The fourth-order valence-corrected chi connectivity index (χ4v) is 11.3. The van der Waals surface area contributed by atoms with Gasteiger partial charge in [0.15, 0.2) is 0 Å². The van der Waals surface area contributed by atoms with Crippen molar-refractivity contribution in [3.8, 4) is 33.9 Å². The van der Waals surface area contributed by atoms with Gasteiger partial charge in [-0.3, -0.25) is 19.9 Å². The van der Waals surface area contributed by atoms with E-state index in [2.05, 4.69) is 164 Å². The molecular formula is C60H38N8O2. The van der Waals surface area contributed by atoms with E-state index >= 15 is 0 Å². The second-order valence-corrected chi connectivity index (χ2v) is 18.5. The lowest BCUT2D eigenvalue weighted by Crippen LogP contribution is -2.02. The van der Waals surface area contributed by atoms with Crippen LogP contribution in [-0.4, -0.2) is 51.4 Å². The van der Waals surface area contributed by atoms with Crippen molar-refractivity contribution in [1.29, 1.82) is 0 Å². The highest BCUT2D eigenvalue weighted by atomic mass is 16.6. The van der Waals surface area contributed by atoms with E-state index in [0.29, 0.717) is 0 Å². The number of epoxide rings is 2. The third-order valence-corrected chi connectivity index (χ3v) is 14.5. The van der Waals surface area contributed by atoms with Crippen LogP contribution < -0.4 is 0 Å². The molecule has 10 nitrogen and oxygen atoms in total. The van der Waals surface area contributed by atoms with E-state index in [4.69, 9.17) is 29.4 Å². The van der Waals surface area contributed by atoms with E-state index in [9.17, 15) is 0 Å². The number of hydrogen-bond acceptors (Lipinski definition) is 6. The summed E-state index contributed by atoms with van der Waals surface area (Å²) in [5.41, 5.74) is 20.7. The van der Waals surface area contributed by atoms with E-state index in [1.54, 1.807) is 0 Å². The number of nitrogens with zero attached hydrogens (tertiary/aromatic N) is 8. The predicted octanol–water partition coefficient (Wildman–Crippen LogP) is 13.5. The molecule has 0 spiro atoms. The molecule has 2 saturated heterocycles. The summed E-state index contributed by atoms with van der Waals surface area (Å²) in [5.74, 6) is 0. The summed E-state index contributed by atoms with van der Waals surface area (Å²) in [5, 5.41) is 4.39. The molecule has 2 atom stereocenters. The summed E-state index contributed by atoms with van der Waals surface area (Å²) in [6.45, 7) is 1.48. The first-order valence-corrected chi connectivity index (χ1v) is 23.7. The van der Waals surface area contributed by atoms with Crippen molar-refractivity contribution in [3.05, 3.63) is 206 Å². The Bertz CT molecular complexity index is 4130. The zero-order chi connectivity index (χ0) is 45.6. The van der Waals surface area contributed by atoms with Crippen LogP contribution in [0.25, 0.3) is 122 Å². The van der Waals surface area contributed by atoms with Crippen molar-refractivity contribution in [2.45, 2.75) is 12.2 Å². The molecule has 0 amide bonds. The van der Waals surface area contributed by atoms with Crippen LogP contribution in [0.5, 0.6) is 0 Å². The standard InChI is InChI=1S/C60H38N8O2/c1-3-11-47-43(9-1)57-51(13-5-21-61-57)65(47)39-25-37(27-41(31-39)67-49-19-17-35(55-33-69-55)29-45(49)59-53(67)15-7-23-63-59)38-26-40(66-48-12-4-2-10-44(48)58-52(66)14-6-22-62-58)32-42(28-38)68-50-20-18-36(56-34-70-56)30-46(50)60-54(68)16-8-24-64-60/h1-32,55-56H,33-34H2. The summed E-state index contributed by atoms with van der Waals surface area (Å²) < 4.78 is 21.0. The number of para-hydroxylation sites is 2. The number of aromatic nitrogens is 8. The van der Waals surface area contributed by atoms with Gasteiger partial charge in [-0.2, -0.15) is 0 Å². The Labute approximate surface area is 398 Å². The Hall–Kier alpha value is -8.96. The minimum atomic E-state index is 0.122. The van der Waals surface area contributed by atoms with Gasteiger partial charge in [0.1, 0.15) is 12.2 Å². The molecule has 2 fully saturated rings. The van der Waals surface area contributed by atoms with E-state index in [0.717, 1.165) is 135 Å². The summed E-state index contributed by atoms with van der Waals surface area (Å²) in [6.07, 6.45) is 7.79. The fourth-order valence-electron chi connectivity index (χ4n) is 11.3. The summed E-state index contributed by atoms with van der Waals surface area (Å²) in [6, 6.07) is 61.3. The van der Waals surface area contributed by atoms with Gasteiger partial charge >= 0.3 is 0 Å². The highest BCUT2D eigenvalue weighted by Crippen LogP contribution is 2.43. The summed E-state index contributed by atoms with van der Waals surface area (Å²) in [4.78, 5) is 19.9. The SMILES string of the molecule is c1ccc2c(c1)c1ncccc1n2-c1cc(-c2cc(-n3c4ccccc4c4ncccc43)cc(-n3c4ccc(C5CO5)cc4c4ncccc43)c2)cc(-n2c3ccc(C4CO4)cc3c3ncccc32)c1. The normalized spacial score (nSPS) is 15.8. The third-order valence-electron chi connectivity index (χ3n) is 14.5. The predicted molar refractivity (Wildman–Crippen MR) is 278 cm³/mol. The number of rotatable bonds is 7. The Morgan fingerprint density at radius 1 is 0.314 bits per heavy atom. The molecule has 16 rings (SSSR count). The highest BCUT2D eigenvalue weighted by Gasteiger charge is 2.28. The topological polar surface area (TPSA) is 96.3 Å². The van der Waals surface area contributed by atoms with Gasteiger partial charge < -0.3 is 27.7 Å². The quantitative estimate of drug-likeness (QED) is 0.148. The highest BCUT2D eigenvalue weighted by molar-refractivity contribution is 6.11. The Kier molecular flexibility index (Phi) is 7.77. The second kappa shape index (κ2) is 14.3.